The SMILES string of the molecule is CCn1cc(C(=O)O)c2c(Br)cccc21. The van der Waals surface area contributed by atoms with E-state index in [1.165, 1.54) is 0 Å². The standard InChI is InChI=1S/C11H10BrNO2/c1-2-13-6-7(11(14)15)10-8(12)4-3-5-9(10)13/h3-6H,2H2,1H3,(H,14,15). The Morgan fingerprint density at radius 2 is 2.27 bits per heavy atom. The van der Waals surface area contributed by atoms with Crippen LogP contribution in [0.25, 0.3) is 10.9 Å². The van der Waals surface area contributed by atoms with E-state index >= 15 is 0 Å². The van der Waals surface area contributed by atoms with E-state index in [1.54, 1.807) is 6.20 Å². The molecule has 3 nitrogen and oxygen atoms in total. The minimum absolute atomic E-state index is 0.347. The first-order valence-corrected chi connectivity index (χ1v) is 5.45. The third kappa shape index (κ3) is 1.55. The molecule has 0 fully saturated rings. The van der Waals surface area contributed by atoms with Crippen molar-refractivity contribution in [3.8, 4) is 0 Å². The Bertz CT molecular complexity index is 531. The molecule has 1 heterocycles. The average molecular weight is 268 g/mol. The van der Waals surface area contributed by atoms with E-state index in [4.69, 9.17) is 5.11 Å². The summed E-state index contributed by atoms with van der Waals surface area (Å²) in [6.07, 6.45) is 1.68. The predicted octanol–water partition coefficient (Wildman–Crippen LogP) is 3.12. The van der Waals surface area contributed by atoms with Crippen LogP contribution in [0.2, 0.25) is 0 Å². The molecular weight excluding hydrogens is 258 g/mol. The lowest BCUT2D eigenvalue weighted by Crippen LogP contribution is -1.95. The lowest BCUT2D eigenvalue weighted by atomic mass is 10.2. The van der Waals surface area contributed by atoms with Gasteiger partial charge >= 0.3 is 5.97 Å². The van der Waals surface area contributed by atoms with Crippen molar-refractivity contribution in [3.05, 3.63) is 34.4 Å². The zero-order valence-corrected chi connectivity index (χ0v) is 9.78. The van der Waals surface area contributed by atoms with Crippen LogP contribution in [0.1, 0.15) is 17.3 Å². The fraction of sp³-hybridized carbons (Fsp3) is 0.182. The highest BCUT2D eigenvalue weighted by atomic mass is 79.9. The van der Waals surface area contributed by atoms with Gasteiger partial charge in [-0.1, -0.05) is 22.0 Å². The minimum atomic E-state index is -0.890. The lowest BCUT2D eigenvalue weighted by Gasteiger charge is -2.00. The monoisotopic (exact) mass is 267 g/mol. The fourth-order valence-corrected chi connectivity index (χ4v) is 2.30. The van der Waals surface area contributed by atoms with Crippen molar-refractivity contribution in [3.63, 3.8) is 0 Å². The topological polar surface area (TPSA) is 42.2 Å². The zero-order chi connectivity index (χ0) is 11.0. The van der Waals surface area contributed by atoms with Crippen LogP contribution in [-0.2, 0) is 6.54 Å². The smallest absolute Gasteiger partial charge is 0.337 e. The summed E-state index contributed by atoms with van der Waals surface area (Å²) in [4.78, 5) is 11.1. The van der Waals surface area contributed by atoms with Crippen LogP contribution >= 0.6 is 15.9 Å². The Labute approximate surface area is 95.5 Å². The Kier molecular flexibility index (Phi) is 2.52. The number of benzene rings is 1. The van der Waals surface area contributed by atoms with Crippen LogP contribution in [0, 0.1) is 0 Å². The van der Waals surface area contributed by atoms with Gasteiger partial charge in [-0.2, -0.15) is 0 Å². The molecule has 0 saturated heterocycles. The molecule has 0 amide bonds. The number of carboxylic acids is 1. The van der Waals surface area contributed by atoms with Crippen LogP contribution in [0.5, 0.6) is 0 Å². The van der Waals surface area contributed by atoms with E-state index < -0.39 is 5.97 Å². The molecule has 0 atom stereocenters. The molecule has 0 bridgehead atoms. The Morgan fingerprint density at radius 1 is 1.53 bits per heavy atom. The molecule has 78 valence electrons. The number of aromatic carboxylic acids is 1. The summed E-state index contributed by atoms with van der Waals surface area (Å²) in [6.45, 7) is 2.76. The van der Waals surface area contributed by atoms with Gasteiger partial charge in [0.25, 0.3) is 0 Å². The first kappa shape index (κ1) is 10.2. The maximum absolute atomic E-state index is 11.1. The fourth-order valence-electron chi connectivity index (χ4n) is 1.73. The van der Waals surface area contributed by atoms with Gasteiger partial charge in [0.2, 0.25) is 0 Å². The molecule has 1 aromatic carbocycles. The number of fused-ring (bicyclic) bond motifs is 1. The molecule has 0 aliphatic rings. The van der Waals surface area contributed by atoms with Gasteiger partial charge in [-0.05, 0) is 19.1 Å². The summed E-state index contributed by atoms with van der Waals surface area (Å²) < 4.78 is 2.76. The highest BCUT2D eigenvalue weighted by molar-refractivity contribution is 9.10. The second-order valence-corrected chi connectivity index (χ2v) is 4.12. The highest BCUT2D eigenvalue weighted by Gasteiger charge is 2.15. The van der Waals surface area contributed by atoms with Gasteiger partial charge in [0.1, 0.15) is 0 Å². The summed E-state index contributed by atoms with van der Waals surface area (Å²) in [5.41, 5.74) is 1.30. The van der Waals surface area contributed by atoms with Crippen molar-refractivity contribution in [2.45, 2.75) is 13.5 Å². The van der Waals surface area contributed by atoms with Crippen molar-refractivity contribution in [1.82, 2.24) is 4.57 Å². The molecule has 2 aromatic rings. The first-order valence-electron chi connectivity index (χ1n) is 4.65. The molecule has 0 saturated carbocycles. The van der Waals surface area contributed by atoms with Crippen molar-refractivity contribution < 1.29 is 9.90 Å². The number of halogens is 1. The number of aryl methyl sites for hydroxylation is 1. The van der Waals surface area contributed by atoms with Crippen molar-refractivity contribution in [1.29, 1.82) is 0 Å². The second kappa shape index (κ2) is 3.70. The van der Waals surface area contributed by atoms with Gasteiger partial charge in [-0.15, -0.1) is 0 Å². The minimum Gasteiger partial charge on any atom is -0.478 e. The van der Waals surface area contributed by atoms with Gasteiger partial charge in [0.15, 0.2) is 0 Å². The molecule has 0 aliphatic heterocycles. The number of hydrogen-bond acceptors (Lipinski definition) is 1. The molecule has 1 aromatic heterocycles. The normalized spacial score (nSPS) is 10.8. The number of carboxylic acid groups (broad SMARTS) is 1. The quantitative estimate of drug-likeness (QED) is 0.909. The molecular formula is C11H10BrNO2. The van der Waals surface area contributed by atoms with Gasteiger partial charge in [0, 0.05) is 22.6 Å². The van der Waals surface area contributed by atoms with E-state index in [0.29, 0.717) is 5.56 Å². The van der Waals surface area contributed by atoms with E-state index in [1.807, 2.05) is 29.7 Å². The summed E-state index contributed by atoms with van der Waals surface area (Å²) in [5.74, 6) is -0.890. The van der Waals surface area contributed by atoms with Gasteiger partial charge in [-0.25, -0.2) is 4.79 Å². The largest absolute Gasteiger partial charge is 0.478 e. The summed E-state index contributed by atoms with van der Waals surface area (Å²) in [7, 11) is 0. The van der Waals surface area contributed by atoms with Gasteiger partial charge < -0.3 is 9.67 Å². The van der Waals surface area contributed by atoms with E-state index in [9.17, 15) is 4.79 Å². The maximum atomic E-state index is 11.1. The van der Waals surface area contributed by atoms with Gasteiger partial charge in [-0.3, -0.25) is 0 Å². The van der Waals surface area contributed by atoms with Crippen LogP contribution < -0.4 is 0 Å². The molecule has 15 heavy (non-hydrogen) atoms. The Hall–Kier alpha value is -1.29. The number of carbonyl (C=O) groups is 1. The summed E-state index contributed by atoms with van der Waals surface area (Å²) in [5, 5.41) is 9.85. The van der Waals surface area contributed by atoms with Crippen LogP contribution in [0.4, 0.5) is 0 Å². The van der Waals surface area contributed by atoms with Gasteiger partial charge in [0.05, 0.1) is 11.1 Å². The lowest BCUT2D eigenvalue weighted by molar-refractivity contribution is 0.0699. The first-order chi connectivity index (χ1) is 7.15. The zero-order valence-electron chi connectivity index (χ0n) is 8.20. The molecule has 0 spiro atoms. The molecule has 0 aliphatic carbocycles. The predicted molar refractivity (Wildman–Crippen MR) is 62.3 cm³/mol. The van der Waals surface area contributed by atoms with Crippen LogP contribution in [0.15, 0.2) is 28.9 Å². The van der Waals surface area contributed by atoms with Crippen molar-refractivity contribution in [2.24, 2.45) is 0 Å². The Morgan fingerprint density at radius 3 is 2.87 bits per heavy atom. The maximum Gasteiger partial charge on any atom is 0.337 e. The third-order valence-electron chi connectivity index (χ3n) is 2.43. The van der Waals surface area contributed by atoms with Crippen molar-refractivity contribution >= 4 is 32.8 Å². The van der Waals surface area contributed by atoms with Crippen molar-refractivity contribution in [2.75, 3.05) is 0 Å². The van der Waals surface area contributed by atoms with E-state index in [0.717, 1.165) is 21.9 Å². The van der Waals surface area contributed by atoms with Crippen LogP contribution in [0.3, 0.4) is 0 Å². The van der Waals surface area contributed by atoms with E-state index in [-0.39, 0.29) is 0 Å². The summed E-state index contributed by atoms with van der Waals surface area (Å²) >= 11 is 3.38. The highest BCUT2D eigenvalue weighted by Crippen LogP contribution is 2.28. The second-order valence-electron chi connectivity index (χ2n) is 3.27. The number of hydrogen-bond donors (Lipinski definition) is 1. The summed E-state index contributed by atoms with van der Waals surface area (Å²) in [6, 6.07) is 5.69. The average Bonchev–Trinajstić information content (AvgIpc) is 2.58. The third-order valence-corrected chi connectivity index (χ3v) is 3.09. The molecule has 0 radical (unpaired) electrons. The molecule has 4 heteroatoms. The molecule has 0 unspecified atom stereocenters. The van der Waals surface area contributed by atoms with E-state index in [2.05, 4.69) is 15.9 Å². The van der Waals surface area contributed by atoms with Crippen LogP contribution in [-0.4, -0.2) is 15.6 Å². The molecule has 2 rings (SSSR count). The number of nitrogens with zero attached hydrogens (tertiary/aromatic N) is 1. The molecule has 1 N–H and O–H groups in total. The Balaban J connectivity index is 2.88. The number of rotatable bonds is 2. The number of aromatic nitrogens is 1.